The van der Waals surface area contributed by atoms with Gasteiger partial charge in [0.1, 0.15) is 0 Å². The van der Waals surface area contributed by atoms with Gasteiger partial charge in [-0.25, -0.2) is 0 Å². The van der Waals surface area contributed by atoms with E-state index < -0.39 is 13.3 Å². The second-order valence-electron chi connectivity index (χ2n) is 8.63. The van der Waals surface area contributed by atoms with Crippen molar-refractivity contribution in [1.82, 2.24) is 0 Å². The molecule has 0 unspecified atom stereocenters. The molecule has 4 heteroatoms. The van der Waals surface area contributed by atoms with Crippen molar-refractivity contribution in [3.63, 3.8) is 0 Å². The predicted octanol–water partition coefficient (Wildman–Crippen LogP) is 6.90. The zero-order valence-corrected chi connectivity index (χ0v) is 21.9. The van der Waals surface area contributed by atoms with Gasteiger partial charge in [-0.05, 0) is 0 Å². The van der Waals surface area contributed by atoms with Crippen LogP contribution in [-0.2, 0) is 0 Å². The first-order chi connectivity index (χ1) is 15.7. The Morgan fingerprint density at radius 2 is 1.19 bits per heavy atom. The van der Waals surface area contributed by atoms with Gasteiger partial charge in [-0.1, -0.05) is 0 Å². The molecule has 3 rings (SSSR count). The second kappa shape index (κ2) is 12.8. The molecule has 3 heterocycles. The molecule has 0 saturated heterocycles. The van der Waals surface area contributed by atoms with E-state index >= 15 is 0 Å². The van der Waals surface area contributed by atoms with Crippen LogP contribution in [0.5, 0.6) is 0 Å². The van der Waals surface area contributed by atoms with Crippen molar-refractivity contribution >= 4 is 27.0 Å². The fourth-order valence-electron chi connectivity index (χ4n) is 4.37. The maximum atomic E-state index is 6.07. The zero-order valence-electron chi connectivity index (χ0n) is 19.8. The van der Waals surface area contributed by atoms with Crippen LogP contribution >= 0.6 is 0 Å². The topological polar surface area (TPSA) is 39.4 Å². The monoisotopic (exact) mass is 496 g/mol. The molecule has 0 aliphatic rings. The summed E-state index contributed by atoms with van der Waals surface area (Å²) in [4.78, 5) is 2.48. The molecular formula is C28H38GeO3. The molecule has 3 nitrogen and oxygen atoms in total. The summed E-state index contributed by atoms with van der Waals surface area (Å²) in [5.74, 6) is 0. The van der Waals surface area contributed by atoms with Crippen molar-refractivity contribution in [3.05, 3.63) is 77.8 Å². The number of rotatable bonds is 15. The van der Waals surface area contributed by atoms with Crippen molar-refractivity contribution < 1.29 is 13.3 Å². The molecule has 0 N–H and O–H groups in total. The second-order valence-corrected chi connectivity index (χ2v) is 15.7. The summed E-state index contributed by atoms with van der Waals surface area (Å²) in [7, 11) is 0. The Kier molecular flexibility index (Phi) is 9.79. The molecule has 0 aromatic carbocycles. The summed E-state index contributed by atoms with van der Waals surface area (Å²) >= 11 is -3.43. The first-order valence-electron chi connectivity index (χ1n) is 12.2. The Morgan fingerprint density at radius 1 is 0.719 bits per heavy atom. The van der Waals surface area contributed by atoms with E-state index in [-0.39, 0.29) is 0 Å². The Labute approximate surface area is 195 Å². The van der Waals surface area contributed by atoms with E-state index in [0.29, 0.717) is 0 Å². The minimum absolute atomic E-state index is 0.972. The summed E-state index contributed by atoms with van der Waals surface area (Å²) in [6, 6.07) is 12.2. The van der Waals surface area contributed by atoms with Crippen molar-refractivity contribution in [2.75, 3.05) is 0 Å². The average molecular weight is 495 g/mol. The van der Waals surface area contributed by atoms with Crippen molar-refractivity contribution in [3.8, 4) is 0 Å². The quantitative estimate of drug-likeness (QED) is 0.131. The predicted molar refractivity (Wildman–Crippen MR) is 136 cm³/mol. The SMILES string of the molecule is C=C(CCCCCC)/C(=[CH]\[Ge]([c]1ccco1)([c]1ccco1)[c]1ccco1)CCCCCC. The van der Waals surface area contributed by atoms with Crippen LogP contribution in [0, 0.1) is 0 Å². The van der Waals surface area contributed by atoms with Gasteiger partial charge in [-0.2, -0.15) is 0 Å². The van der Waals surface area contributed by atoms with Gasteiger partial charge in [-0.15, -0.1) is 0 Å². The Morgan fingerprint density at radius 3 is 1.59 bits per heavy atom. The zero-order chi connectivity index (χ0) is 22.7. The number of hydrogen-bond acceptors (Lipinski definition) is 3. The van der Waals surface area contributed by atoms with Crippen LogP contribution in [0.1, 0.15) is 78.1 Å². The van der Waals surface area contributed by atoms with E-state index in [2.05, 4.69) is 43.5 Å². The average Bonchev–Trinajstić information content (AvgIpc) is 3.60. The van der Waals surface area contributed by atoms with Gasteiger partial charge >= 0.3 is 196 Å². The Balaban J connectivity index is 2.04. The molecule has 0 amide bonds. The molecule has 172 valence electrons. The van der Waals surface area contributed by atoms with Crippen molar-refractivity contribution in [2.45, 2.75) is 78.1 Å². The van der Waals surface area contributed by atoms with Crippen LogP contribution < -0.4 is 13.8 Å². The van der Waals surface area contributed by atoms with E-state index in [0.717, 1.165) is 26.6 Å². The molecule has 32 heavy (non-hydrogen) atoms. The summed E-state index contributed by atoms with van der Waals surface area (Å²) in [6.07, 6.45) is 17.3. The molecule has 0 bridgehead atoms. The molecule has 0 aliphatic carbocycles. The van der Waals surface area contributed by atoms with E-state index in [1.165, 1.54) is 62.5 Å². The van der Waals surface area contributed by atoms with Crippen LogP contribution in [0.25, 0.3) is 0 Å². The molecule has 0 atom stereocenters. The van der Waals surface area contributed by atoms with E-state index in [1.54, 1.807) is 18.8 Å². The van der Waals surface area contributed by atoms with Crippen LogP contribution in [0.3, 0.4) is 0 Å². The normalized spacial score (nSPS) is 12.4. The standard InChI is InChI=1S/C28H38GeO3/c1-4-6-8-10-15-24(3)25(16-11-9-7-5-2)23-29(26-17-12-20-30-26,27-18-13-21-31-27)28-19-14-22-32-28/h12-14,17-23H,3-11,15-16H2,1-2H3/b25-23-. The summed E-state index contributed by atoms with van der Waals surface area (Å²) in [6.45, 7) is 9.06. The van der Waals surface area contributed by atoms with Gasteiger partial charge in [0, 0.05) is 0 Å². The summed E-state index contributed by atoms with van der Waals surface area (Å²) in [5.41, 5.74) is 2.62. The third-order valence-corrected chi connectivity index (χ3v) is 14.5. The number of furan rings is 3. The van der Waals surface area contributed by atoms with Gasteiger partial charge in [0.2, 0.25) is 0 Å². The third-order valence-electron chi connectivity index (χ3n) is 6.21. The fourth-order valence-corrected chi connectivity index (χ4v) is 12.5. The number of hydrogen-bond donors (Lipinski definition) is 0. The van der Waals surface area contributed by atoms with E-state index in [9.17, 15) is 0 Å². The molecular weight excluding hydrogens is 457 g/mol. The summed E-state index contributed by atoms with van der Waals surface area (Å²) in [5, 5.41) is 0. The first kappa shape index (κ1) is 24.5. The maximum absolute atomic E-state index is 6.07. The van der Waals surface area contributed by atoms with Gasteiger partial charge in [-0.3, -0.25) is 0 Å². The van der Waals surface area contributed by atoms with Gasteiger partial charge in [0.15, 0.2) is 0 Å². The molecule has 0 spiro atoms. The van der Waals surface area contributed by atoms with E-state index in [4.69, 9.17) is 13.3 Å². The third kappa shape index (κ3) is 6.01. The van der Waals surface area contributed by atoms with Crippen molar-refractivity contribution in [2.24, 2.45) is 0 Å². The van der Waals surface area contributed by atoms with Crippen LogP contribution in [-0.4, -0.2) is 13.3 Å². The Hall–Kier alpha value is -2.14. The number of unbranched alkanes of at least 4 members (excludes halogenated alkanes) is 6. The van der Waals surface area contributed by atoms with Gasteiger partial charge in [0.05, 0.1) is 0 Å². The fraction of sp³-hybridized carbons (Fsp3) is 0.429. The summed E-state index contributed by atoms with van der Waals surface area (Å²) < 4.78 is 21.1. The number of allylic oxidation sites excluding steroid dienone is 2. The minimum atomic E-state index is -3.43. The van der Waals surface area contributed by atoms with Crippen molar-refractivity contribution in [1.29, 1.82) is 0 Å². The van der Waals surface area contributed by atoms with Crippen LogP contribution in [0.15, 0.2) is 91.1 Å². The Bertz CT molecular complexity index is 833. The van der Waals surface area contributed by atoms with Gasteiger partial charge in [0.25, 0.3) is 0 Å². The first-order valence-corrected chi connectivity index (χ1v) is 16.6. The molecule has 0 aliphatic heterocycles. The molecule has 0 saturated carbocycles. The van der Waals surface area contributed by atoms with Crippen LogP contribution in [0.4, 0.5) is 0 Å². The molecule has 0 fully saturated rings. The van der Waals surface area contributed by atoms with E-state index in [1.807, 2.05) is 18.2 Å². The van der Waals surface area contributed by atoms with Gasteiger partial charge < -0.3 is 0 Å². The van der Waals surface area contributed by atoms with Crippen LogP contribution in [0.2, 0.25) is 0 Å². The molecule has 0 radical (unpaired) electrons. The molecule has 3 aromatic heterocycles. The molecule has 3 aromatic rings.